The second-order valence-corrected chi connectivity index (χ2v) is 5.13. The van der Waals surface area contributed by atoms with Crippen molar-refractivity contribution in [1.82, 2.24) is 9.97 Å². The molecule has 1 saturated carbocycles. The molecule has 19 heavy (non-hydrogen) atoms. The lowest BCUT2D eigenvalue weighted by molar-refractivity contribution is 0.457. The SMILES string of the molecule is Fc1ccc(Oc2cc(Cl)nc(C3CC3)n2)c(Cl)c1. The molecule has 0 radical (unpaired) electrons. The van der Waals surface area contributed by atoms with Crippen molar-refractivity contribution >= 4 is 23.2 Å². The van der Waals surface area contributed by atoms with Gasteiger partial charge in [-0.1, -0.05) is 23.2 Å². The molecule has 2 aromatic rings. The van der Waals surface area contributed by atoms with Gasteiger partial charge in [0.1, 0.15) is 22.5 Å². The summed E-state index contributed by atoms with van der Waals surface area (Å²) in [5.41, 5.74) is 0. The maximum Gasteiger partial charge on any atom is 0.224 e. The van der Waals surface area contributed by atoms with Crippen molar-refractivity contribution in [3.8, 4) is 11.6 Å². The second-order valence-electron chi connectivity index (χ2n) is 4.34. The predicted molar refractivity (Wildman–Crippen MR) is 70.5 cm³/mol. The first-order valence-corrected chi connectivity index (χ1v) is 6.55. The standard InChI is InChI=1S/C13H9Cl2FN2O/c14-9-5-8(16)3-4-10(9)19-12-6-11(15)17-13(18-12)7-1-2-7/h3-7H,1-2H2. The van der Waals surface area contributed by atoms with Gasteiger partial charge in [0.25, 0.3) is 0 Å². The van der Waals surface area contributed by atoms with Crippen LogP contribution in [0, 0.1) is 5.82 Å². The van der Waals surface area contributed by atoms with E-state index in [2.05, 4.69) is 9.97 Å². The normalized spacial score (nSPS) is 14.5. The van der Waals surface area contributed by atoms with Gasteiger partial charge in [-0.2, -0.15) is 4.98 Å². The van der Waals surface area contributed by atoms with Crippen molar-refractivity contribution in [3.63, 3.8) is 0 Å². The van der Waals surface area contributed by atoms with E-state index in [0.717, 1.165) is 12.8 Å². The quantitative estimate of drug-likeness (QED) is 0.777. The van der Waals surface area contributed by atoms with Gasteiger partial charge in [0.2, 0.25) is 5.88 Å². The molecule has 0 N–H and O–H groups in total. The molecule has 1 aliphatic carbocycles. The van der Waals surface area contributed by atoms with Crippen LogP contribution in [-0.4, -0.2) is 9.97 Å². The molecule has 0 amide bonds. The van der Waals surface area contributed by atoms with E-state index >= 15 is 0 Å². The molecule has 1 fully saturated rings. The van der Waals surface area contributed by atoms with E-state index in [1.54, 1.807) is 0 Å². The molecule has 0 aliphatic heterocycles. The van der Waals surface area contributed by atoms with Crippen molar-refractivity contribution in [1.29, 1.82) is 0 Å². The molecule has 3 nitrogen and oxygen atoms in total. The van der Waals surface area contributed by atoms with Crippen LogP contribution in [0.2, 0.25) is 10.2 Å². The number of ether oxygens (including phenoxy) is 1. The molecule has 0 saturated heterocycles. The molecular formula is C13H9Cl2FN2O. The zero-order valence-corrected chi connectivity index (χ0v) is 11.2. The Morgan fingerprint density at radius 2 is 1.95 bits per heavy atom. The lowest BCUT2D eigenvalue weighted by atomic mass is 10.3. The summed E-state index contributed by atoms with van der Waals surface area (Å²) >= 11 is 11.8. The summed E-state index contributed by atoms with van der Waals surface area (Å²) in [6.07, 6.45) is 2.13. The molecule has 1 aromatic heterocycles. The highest BCUT2D eigenvalue weighted by Gasteiger charge is 2.27. The topological polar surface area (TPSA) is 35.0 Å². The Kier molecular flexibility index (Phi) is 3.29. The summed E-state index contributed by atoms with van der Waals surface area (Å²) in [4.78, 5) is 8.44. The first-order chi connectivity index (χ1) is 9.11. The maximum atomic E-state index is 12.9. The van der Waals surface area contributed by atoms with E-state index in [1.165, 1.54) is 24.3 Å². The molecule has 6 heteroatoms. The third-order valence-corrected chi connectivity index (χ3v) is 3.23. The zero-order valence-electron chi connectivity index (χ0n) is 9.74. The summed E-state index contributed by atoms with van der Waals surface area (Å²) in [6, 6.07) is 5.41. The average Bonchev–Trinajstić information content (AvgIpc) is 3.16. The molecule has 0 bridgehead atoms. The first kappa shape index (κ1) is 12.6. The van der Waals surface area contributed by atoms with Crippen LogP contribution in [0.1, 0.15) is 24.6 Å². The van der Waals surface area contributed by atoms with E-state index in [1.807, 2.05) is 0 Å². The fraction of sp³-hybridized carbons (Fsp3) is 0.231. The lowest BCUT2D eigenvalue weighted by Crippen LogP contribution is -1.96. The van der Waals surface area contributed by atoms with Gasteiger partial charge in [-0.3, -0.25) is 0 Å². The van der Waals surface area contributed by atoms with Crippen LogP contribution in [0.15, 0.2) is 24.3 Å². The molecule has 0 atom stereocenters. The number of rotatable bonds is 3. The van der Waals surface area contributed by atoms with Crippen LogP contribution in [0.3, 0.4) is 0 Å². The highest BCUT2D eigenvalue weighted by Crippen LogP contribution is 2.39. The van der Waals surface area contributed by atoms with Crippen molar-refractivity contribution in [2.45, 2.75) is 18.8 Å². The van der Waals surface area contributed by atoms with Gasteiger partial charge < -0.3 is 4.74 Å². The highest BCUT2D eigenvalue weighted by molar-refractivity contribution is 6.32. The molecule has 98 valence electrons. The van der Waals surface area contributed by atoms with Gasteiger partial charge in [-0.25, -0.2) is 9.37 Å². The third-order valence-electron chi connectivity index (χ3n) is 2.74. The predicted octanol–water partition coefficient (Wildman–Crippen LogP) is 4.59. The van der Waals surface area contributed by atoms with Crippen molar-refractivity contribution in [2.75, 3.05) is 0 Å². The number of hydrogen-bond donors (Lipinski definition) is 0. The fourth-order valence-electron chi connectivity index (χ4n) is 1.66. The van der Waals surface area contributed by atoms with Gasteiger partial charge in [0.15, 0.2) is 0 Å². The van der Waals surface area contributed by atoms with Crippen LogP contribution < -0.4 is 4.74 Å². The van der Waals surface area contributed by atoms with Crippen LogP contribution in [0.25, 0.3) is 0 Å². The lowest BCUT2D eigenvalue weighted by Gasteiger charge is -2.08. The fourth-order valence-corrected chi connectivity index (χ4v) is 2.05. The molecule has 0 unspecified atom stereocenters. The minimum absolute atomic E-state index is 0.183. The number of benzene rings is 1. The van der Waals surface area contributed by atoms with Crippen LogP contribution in [-0.2, 0) is 0 Å². The highest BCUT2D eigenvalue weighted by atomic mass is 35.5. The zero-order chi connectivity index (χ0) is 13.4. The van der Waals surface area contributed by atoms with E-state index < -0.39 is 5.82 Å². The number of halogens is 3. The minimum atomic E-state index is -0.420. The van der Waals surface area contributed by atoms with Gasteiger partial charge in [0, 0.05) is 12.0 Å². The second kappa shape index (κ2) is 4.94. The number of hydrogen-bond acceptors (Lipinski definition) is 3. The maximum absolute atomic E-state index is 12.9. The number of aromatic nitrogens is 2. The molecule has 1 aromatic carbocycles. The monoisotopic (exact) mass is 298 g/mol. The number of nitrogens with zero attached hydrogens (tertiary/aromatic N) is 2. The summed E-state index contributed by atoms with van der Waals surface area (Å²) in [5.74, 6) is 1.28. The van der Waals surface area contributed by atoms with E-state index in [4.69, 9.17) is 27.9 Å². The summed E-state index contributed by atoms with van der Waals surface area (Å²) < 4.78 is 18.5. The Morgan fingerprint density at radius 1 is 1.16 bits per heavy atom. The molecular weight excluding hydrogens is 290 g/mol. The van der Waals surface area contributed by atoms with Crippen molar-refractivity contribution in [3.05, 3.63) is 46.1 Å². The van der Waals surface area contributed by atoms with Gasteiger partial charge in [-0.05, 0) is 31.0 Å². The minimum Gasteiger partial charge on any atom is -0.437 e. The Balaban J connectivity index is 1.89. The molecule has 3 rings (SSSR count). The van der Waals surface area contributed by atoms with Crippen LogP contribution in [0.4, 0.5) is 4.39 Å². The molecule has 1 heterocycles. The van der Waals surface area contributed by atoms with E-state index in [9.17, 15) is 4.39 Å². The Hall–Kier alpha value is -1.39. The summed E-state index contributed by atoms with van der Waals surface area (Å²) in [5, 5.41) is 0.507. The van der Waals surface area contributed by atoms with Crippen LogP contribution in [0.5, 0.6) is 11.6 Å². The third kappa shape index (κ3) is 2.96. The Morgan fingerprint density at radius 3 is 2.63 bits per heavy atom. The smallest absolute Gasteiger partial charge is 0.224 e. The largest absolute Gasteiger partial charge is 0.437 e. The van der Waals surface area contributed by atoms with Gasteiger partial charge in [0.05, 0.1) is 5.02 Å². The van der Waals surface area contributed by atoms with E-state index in [-0.39, 0.29) is 5.02 Å². The summed E-state index contributed by atoms with van der Waals surface area (Å²) in [6.45, 7) is 0. The summed E-state index contributed by atoms with van der Waals surface area (Å²) in [7, 11) is 0. The molecule has 0 spiro atoms. The van der Waals surface area contributed by atoms with Crippen LogP contribution >= 0.6 is 23.2 Å². The van der Waals surface area contributed by atoms with Gasteiger partial charge in [-0.15, -0.1) is 0 Å². The van der Waals surface area contributed by atoms with Crippen molar-refractivity contribution in [2.24, 2.45) is 0 Å². The van der Waals surface area contributed by atoms with Gasteiger partial charge >= 0.3 is 0 Å². The Bertz CT molecular complexity index is 632. The van der Waals surface area contributed by atoms with E-state index in [0.29, 0.717) is 28.5 Å². The Labute approximate surface area is 119 Å². The molecule has 1 aliphatic rings. The average molecular weight is 299 g/mol. The van der Waals surface area contributed by atoms with Crippen molar-refractivity contribution < 1.29 is 9.13 Å². The first-order valence-electron chi connectivity index (χ1n) is 5.79.